The van der Waals surface area contributed by atoms with Crippen molar-refractivity contribution in [3.8, 4) is 0 Å². The lowest BCUT2D eigenvalue weighted by Crippen LogP contribution is -2.39. The van der Waals surface area contributed by atoms with Gasteiger partial charge in [0.15, 0.2) is 5.96 Å². The first-order chi connectivity index (χ1) is 9.77. The van der Waals surface area contributed by atoms with Crippen LogP contribution >= 0.6 is 24.0 Å². The minimum Gasteiger partial charge on any atom is -0.357 e. The predicted octanol–water partition coefficient (Wildman–Crippen LogP) is 3.93. The molecule has 0 atom stereocenters. The molecule has 1 aromatic carbocycles. The van der Waals surface area contributed by atoms with Gasteiger partial charge in [0.25, 0.3) is 0 Å². The lowest BCUT2D eigenvalue weighted by atomic mass is 10.1. The third kappa shape index (κ3) is 8.96. The average molecular weight is 403 g/mol. The SMILES string of the molecule is CCCCN(C)C(=NCCCc1ccccc1)NCC.I. The largest absolute Gasteiger partial charge is 0.357 e. The van der Waals surface area contributed by atoms with Crippen molar-refractivity contribution in [2.24, 2.45) is 4.99 Å². The highest BCUT2D eigenvalue weighted by Gasteiger charge is 2.03. The van der Waals surface area contributed by atoms with Crippen molar-refractivity contribution in [1.29, 1.82) is 0 Å². The number of hydrogen-bond donors (Lipinski definition) is 1. The highest BCUT2D eigenvalue weighted by atomic mass is 127. The molecule has 0 saturated heterocycles. The second-order valence-corrected chi connectivity index (χ2v) is 5.10. The molecule has 1 rings (SSSR count). The molecule has 0 radical (unpaired) electrons. The van der Waals surface area contributed by atoms with Crippen LogP contribution in [0.4, 0.5) is 0 Å². The van der Waals surface area contributed by atoms with Crippen LogP contribution in [0.5, 0.6) is 0 Å². The first-order valence-electron chi connectivity index (χ1n) is 7.81. The fourth-order valence-corrected chi connectivity index (χ4v) is 2.08. The van der Waals surface area contributed by atoms with Gasteiger partial charge in [0, 0.05) is 26.7 Å². The van der Waals surface area contributed by atoms with E-state index in [0.717, 1.165) is 38.4 Å². The maximum absolute atomic E-state index is 4.71. The van der Waals surface area contributed by atoms with Crippen molar-refractivity contribution < 1.29 is 0 Å². The summed E-state index contributed by atoms with van der Waals surface area (Å²) in [5.41, 5.74) is 1.40. The van der Waals surface area contributed by atoms with E-state index in [1.54, 1.807) is 0 Å². The minimum absolute atomic E-state index is 0. The summed E-state index contributed by atoms with van der Waals surface area (Å²) in [6, 6.07) is 10.6. The number of halogens is 1. The van der Waals surface area contributed by atoms with Crippen molar-refractivity contribution >= 4 is 29.9 Å². The molecule has 0 unspecified atom stereocenters. The Morgan fingerprint density at radius 3 is 2.48 bits per heavy atom. The Hall–Kier alpha value is -0.780. The normalized spacial score (nSPS) is 10.9. The topological polar surface area (TPSA) is 27.6 Å². The highest BCUT2D eigenvalue weighted by molar-refractivity contribution is 14.0. The molecule has 1 N–H and O–H groups in total. The number of nitrogens with zero attached hydrogens (tertiary/aromatic N) is 2. The summed E-state index contributed by atoms with van der Waals surface area (Å²) in [5.74, 6) is 1.04. The van der Waals surface area contributed by atoms with E-state index in [1.165, 1.54) is 18.4 Å². The van der Waals surface area contributed by atoms with E-state index in [9.17, 15) is 0 Å². The van der Waals surface area contributed by atoms with Crippen LogP contribution in [0.2, 0.25) is 0 Å². The molecule has 0 bridgehead atoms. The van der Waals surface area contributed by atoms with Crippen LogP contribution in [-0.2, 0) is 6.42 Å². The molecule has 4 heteroatoms. The Bertz CT molecular complexity index is 379. The van der Waals surface area contributed by atoms with Gasteiger partial charge in [-0.3, -0.25) is 4.99 Å². The molecule has 0 aromatic heterocycles. The van der Waals surface area contributed by atoms with Crippen LogP contribution in [0.15, 0.2) is 35.3 Å². The Morgan fingerprint density at radius 2 is 1.86 bits per heavy atom. The van der Waals surface area contributed by atoms with Crippen molar-refractivity contribution in [3.63, 3.8) is 0 Å². The van der Waals surface area contributed by atoms with Gasteiger partial charge in [-0.1, -0.05) is 43.7 Å². The fourth-order valence-electron chi connectivity index (χ4n) is 2.08. The molecule has 0 spiro atoms. The standard InChI is InChI=1S/C17H29N3.HI/c1-4-6-15-20(3)17(18-5-2)19-14-10-13-16-11-8-7-9-12-16;/h7-9,11-12H,4-6,10,13-15H2,1-3H3,(H,18,19);1H. The van der Waals surface area contributed by atoms with Gasteiger partial charge < -0.3 is 10.2 Å². The zero-order chi connectivity index (χ0) is 14.6. The summed E-state index contributed by atoms with van der Waals surface area (Å²) < 4.78 is 0. The van der Waals surface area contributed by atoms with Crippen LogP contribution in [0, 0.1) is 0 Å². The first-order valence-corrected chi connectivity index (χ1v) is 7.81. The molecule has 3 nitrogen and oxygen atoms in total. The van der Waals surface area contributed by atoms with Gasteiger partial charge in [0.05, 0.1) is 0 Å². The van der Waals surface area contributed by atoms with E-state index in [-0.39, 0.29) is 24.0 Å². The highest BCUT2D eigenvalue weighted by Crippen LogP contribution is 2.02. The minimum atomic E-state index is 0. The van der Waals surface area contributed by atoms with E-state index in [2.05, 4.69) is 61.4 Å². The van der Waals surface area contributed by atoms with Gasteiger partial charge in [-0.15, -0.1) is 24.0 Å². The molecule has 0 aliphatic carbocycles. The summed E-state index contributed by atoms with van der Waals surface area (Å²) in [4.78, 5) is 6.94. The zero-order valence-corrected chi connectivity index (χ0v) is 16.0. The summed E-state index contributed by atoms with van der Waals surface area (Å²) in [6.45, 7) is 7.22. The molecule has 120 valence electrons. The maximum atomic E-state index is 4.71. The molecule has 0 aliphatic rings. The van der Waals surface area contributed by atoms with Gasteiger partial charge in [-0.25, -0.2) is 0 Å². The van der Waals surface area contributed by atoms with Gasteiger partial charge >= 0.3 is 0 Å². The third-order valence-corrected chi connectivity index (χ3v) is 3.27. The molecule has 0 amide bonds. The predicted molar refractivity (Wildman–Crippen MR) is 104 cm³/mol. The third-order valence-electron chi connectivity index (χ3n) is 3.27. The van der Waals surface area contributed by atoms with Crippen LogP contribution in [-0.4, -0.2) is 37.5 Å². The van der Waals surface area contributed by atoms with Crippen molar-refractivity contribution in [3.05, 3.63) is 35.9 Å². The monoisotopic (exact) mass is 403 g/mol. The van der Waals surface area contributed by atoms with E-state index in [4.69, 9.17) is 4.99 Å². The lowest BCUT2D eigenvalue weighted by molar-refractivity contribution is 0.464. The Labute approximate surface area is 147 Å². The summed E-state index contributed by atoms with van der Waals surface area (Å²) in [5, 5.41) is 3.37. The van der Waals surface area contributed by atoms with E-state index < -0.39 is 0 Å². The fraction of sp³-hybridized carbons (Fsp3) is 0.588. The smallest absolute Gasteiger partial charge is 0.193 e. The second kappa shape index (κ2) is 12.9. The zero-order valence-electron chi connectivity index (χ0n) is 13.6. The number of rotatable bonds is 8. The molecular weight excluding hydrogens is 373 g/mol. The van der Waals surface area contributed by atoms with Crippen LogP contribution in [0.25, 0.3) is 0 Å². The quantitative estimate of drug-likeness (QED) is 0.308. The molecule has 1 aromatic rings. The number of unbranched alkanes of at least 4 members (excludes halogenated alkanes) is 1. The van der Waals surface area contributed by atoms with Gasteiger partial charge in [0.2, 0.25) is 0 Å². The molecule has 0 aliphatic heterocycles. The maximum Gasteiger partial charge on any atom is 0.193 e. The van der Waals surface area contributed by atoms with Crippen LogP contribution in [0.3, 0.4) is 0 Å². The molecule has 21 heavy (non-hydrogen) atoms. The number of hydrogen-bond acceptors (Lipinski definition) is 1. The molecular formula is C17H30IN3. The Morgan fingerprint density at radius 1 is 1.14 bits per heavy atom. The van der Waals surface area contributed by atoms with Crippen molar-refractivity contribution in [2.45, 2.75) is 39.5 Å². The number of nitrogens with one attached hydrogen (secondary N) is 1. The lowest BCUT2D eigenvalue weighted by Gasteiger charge is -2.21. The molecule has 0 heterocycles. The Kier molecular flexibility index (Phi) is 12.4. The van der Waals surface area contributed by atoms with E-state index in [1.807, 2.05) is 0 Å². The van der Waals surface area contributed by atoms with Crippen molar-refractivity contribution in [2.75, 3.05) is 26.7 Å². The van der Waals surface area contributed by atoms with E-state index >= 15 is 0 Å². The first kappa shape index (κ1) is 20.2. The van der Waals surface area contributed by atoms with Crippen LogP contribution < -0.4 is 5.32 Å². The number of aryl methyl sites for hydroxylation is 1. The number of guanidine groups is 1. The van der Waals surface area contributed by atoms with Crippen LogP contribution in [0.1, 0.15) is 38.7 Å². The number of aliphatic imine (C=N–C) groups is 1. The van der Waals surface area contributed by atoms with Gasteiger partial charge in [-0.05, 0) is 31.7 Å². The van der Waals surface area contributed by atoms with Gasteiger partial charge in [-0.2, -0.15) is 0 Å². The number of benzene rings is 1. The van der Waals surface area contributed by atoms with Crippen molar-refractivity contribution in [1.82, 2.24) is 10.2 Å². The molecule has 0 fully saturated rings. The second-order valence-electron chi connectivity index (χ2n) is 5.10. The average Bonchev–Trinajstić information content (AvgIpc) is 2.49. The molecule has 0 saturated carbocycles. The summed E-state index contributed by atoms with van der Waals surface area (Å²) in [6.07, 6.45) is 4.63. The Balaban J connectivity index is 0.00000400. The summed E-state index contributed by atoms with van der Waals surface area (Å²) >= 11 is 0. The van der Waals surface area contributed by atoms with E-state index in [0.29, 0.717) is 0 Å². The summed E-state index contributed by atoms with van der Waals surface area (Å²) in [7, 11) is 2.12. The van der Waals surface area contributed by atoms with Gasteiger partial charge in [0.1, 0.15) is 0 Å².